The number of rotatable bonds is 9. The van der Waals surface area contributed by atoms with Gasteiger partial charge in [-0.15, -0.1) is 0 Å². The first-order valence-electron chi connectivity index (χ1n) is 10.2. The Morgan fingerprint density at radius 1 is 0.933 bits per heavy atom. The van der Waals surface area contributed by atoms with Gasteiger partial charge in [0.25, 0.3) is 0 Å². The van der Waals surface area contributed by atoms with Crippen LogP contribution in [0.25, 0.3) is 0 Å². The largest absolute Gasteiger partial charge is 0.497 e. The van der Waals surface area contributed by atoms with Gasteiger partial charge in [-0.25, -0.2) is 0 Å². The second kappa shape index (κ2) is 10.1. The Labute approximate surface area is 184 Å². The standard InChI is InChI=1S/C26H30ClNO2/c1-28(2)19-23(15-20-9-5-4-6-10-20)26(29,18-21-11-7-13-24(27)16-21)22-12-8-14-25(17-22)30-3/h4-14,16-17,23,29H,15,18-19H2,1-3H3. The third-order valence-electron chi connectivity index (χ3n) is 5.52. The van der Waals surface area contributed by atoms with Crippen LogP contribution in [0, 0.1) is 5.92 Å². The predicted molar refractivity (Wildman–Crippen MR) is 124 cm³/mol. The van der Waals surface area contributed by atoms with E-state index in [4.69, 9.17) is 16.3 Å². The highest BCUT2D eigenvalue weighted by molar-refractivity contribution is 6.30. The molecule has 0 aromatic heterocycles. The van der Waals surface area contributed by atoms with Crippen molar-refractivity contribution in [1.82, 2.24) is 4.90 Å². The maximum Gasteiger partial charge on any atom is 0.119 e. The van der Waals surface area contributed by atoms with E-state index < -0.39 is 5.60 Å². The van der Waals surface area contributed by atoms with Crippen LogP contribution in [0.3, 0.4) is 0 Å². The average molecular weight is 424 g/mol. The quantitative estimate of drug-likeness (QED) is 0.513. The number of hydrogen-bond acceptors (Lipinski definition) is 3. The van der Waals surface area contributed by atoms with E-state index in [1.165, 1.54) is 5.56 Å². The summed E-state index contributed by atoms with van der Waals surface area (Å²) in [6.07, 6.45) is 1.22. The number of nitrogens with zero attached hydrogens (tertiary/aromatic N) is 1. The van der Waals surface area contributed by atoms with Crippen LogP contribution in [0.4, 0.5) is 0 Å². The van der Waals surface area contributed by atoms with Crippen molar-refractivity contribution in [3.8, 4) is 5.75 Å². The highest BCUT2D eigenvalue weighted by Crippen LogP contribution is 2.38. The first-order valence-corrected chi connectivity index (χ1v) is 10.6. The Morgan fingerprint density at radius 3 is 2.30 bits per heavy atom. The lowest BCUT2D eigenvalue weighted by molar-refractivity contribution is -0.0331. The lowest BCUT2D eigenvalue weighted by Crippen LogP contribution is -2.43. The van der Waals surface area contributed by atoms with Gasteiger partial charge in [-0.2, -0.15) is 0 Å². The molecule has 0 fully saturated rings. The zero-order chi connectivity index (χ0) is 21.6. The summed E-state index contributed by atoms with van der Waals surface area (Å²) in [5, 5.41) is 13.0. The van der Waals surface area contributed by atoms with Crippen molar-refractivity contribution in [1.29, 1.82) is 0 Å². The summed E-state index contributed by atoms with van der Waals surface area (Å²) in [6, 6.07) is 25.9. The van der Waals surface area contributed by atoms with Gasteiger partial charge in [-0.1, -0.05) is 66.2 Å². The van der Waals surface area contributed by atoms with E-state index in [1.54, 1.807) is 7.11 Å². The second-order valence-electron chi connectivity index (χ2n) is 8.11. The lowest BCUT2D eigenvalue weighted by Gasteiger charge is -2.39. The van der Waals surface area contributed by atoms with Gasteiger partial charge in [-0.05, 0) is 61.5 Å². The number of ether oxygens (including phenoxy) is 1. The topological polar surface area (TPSA) is 32.7 Å². The molecule has 4 heteroatoms. The fourth-order valence-electron chi connectivity index (χ4n) is 4.06. The van der Waals surface area contributed by atoms with Crippen molar-refractivity contribution >= 4 is 11.6 Å². The minimum atomic E-state index is -1.10. The molecule has 3 rings (SSSR count). The zero-order valence-electron chi connectivity index (χ0n) is 17.9. The van der Waals surface area contributed by atoms with Crippen LogP contribution < -0.4 is 4.74 Å². The van der Waals surface area contributed by atoms with Gasteiger partial charge < -0.3 is 14.7 Å². The molecular formula is C26H30ClNO2. The molecule has 0 saturated carbocycles. The number of hydrogen-bond donors (Lipinski definition) is 1. The van der Waals surface area contributed by atoms with Crippen LogP contribution in [0.2, 0.25) is 5.02 Å². The number of halogens is 1. The highest BCUT2D eigenvalue weighted by atomic mass is 35.5. The smallest absolute Gasteiger partial charge is 0.119 e. The molecular weight excluding hydrogens is 394 g/mol. The number of benzene rings is 3. The van der Waals surface area contributed by atoms with Gasteiger partial charge in [0, 0.05) is 23.9 Å². The van der Waals surface area contributed by atoms with E-state index in [2.05, 4.69) is 17.0 Å². The molecule has 3 aromatic rings. The maximum atomic E-state index is 12.3. The molecule has 0 aliphatic heterocycles. The summed E-state index contributed by atoms with van der Waals surface area (Å²) in [4.78, 5) is 2.14. The Hall–Kier alpha value is -2.33. The molecule has 158 valence electrons. The van der Waals surface area contributed by atoms with Crippen molar-refractivity contribution in [2.75, 3.05) is 27.7 Å². The number of methoxy groups -OCH3 is 1. The summed E-state index contributed by atoms with van der Waals surface area (Å²) >= 11 is 6.25. The normalized spacial score (nSPS) is 14.3. The molecule has 0 spiro atoms. The van der Waals surface area contributed by atoms with E-state index in [9.17, 15) is 5.11 Å². The van der Waals surface area contributed by atoms with E-state index in [0.29, 0.717) is 11.4 Å². The Kier molecular flexibility index (Phi) is 7.54. The van der Waals surface area contributed by atoms with Crippen LogP contribution in [0.5, 0.6) is 5.75 Å². The van der Waals surface area contributed by atoms with Crippen LogP contribution in [0.15, 0.2) is 78.9 Å². The van der Waals surface area contributed by atoms with Crippen LogP contribution in [0.1, 0.15) is 16.7 Å². The van der Waals surface area contributed by atoms with E-state index >= 15 is 0 Å². The summed E-state index contributed by atoms with van der Waals surface area (Å²) in [5.41, 5.74) is 1.96. The molecule has 3 aromatic carbocycles. The minimum absolute atomic E-state index is 0.0408. The van der Waals surface area contributed by atoms with Gasteiger partial charge in [-0.3, -0.25) is 0 Å². The summed E-state index contributed by atoms with van der Waals surface area (Å²) < 4.78 is 5.46. The van der Waals surface area contributed by atoms with Gasteiger partial charge >= 0.3 is 0 Å². The molecule has 30 heavy (non-hydrogen) atoms. The van der Waals surface area contributed by atoms with E-state index in [-0.39, 0.29) is 5.92 Å². The Balaban J connectivity index is 2.08. The Bertz CT molecular complexity index is 945. The van der Waals surface area contributed by atoms with Crippen molar-refractivity contribution in [2.45, 2.75) is 18.4 Å². The fraction of sp³-hybridized carbons (Fsp3) is 0.308. The molecule has 0 heterocycles. The van der Waals surface area contributed by atoms with Gasteiger partial charge in [0.2, 0.25) is 0 Å². The van der Waals surface area contributed by atoms with Gasteiger partial charge in [0.1, 0.15) is 5.75 Å². The summed E-state index contributed by atoms with van der Waals surface area (Å²) in [5.74, 6) is 0.696. The van der Waals surface area contributed by atoms with E-state index in [0.717, 1.165) is 29.8 Å². The van der Waals surface area contributed by atoms with Crippen molar-refractivity contribution < 1.29 is 9.84 Å². The Morgan fingerprint density at radius 2 is 1.63 bits per heavy atom. The molecule has 2 unspecified atom stereocenters. The van der Waals surface area contributed by atoms with Crippen LogP contribution >= 0.6 is 11.6 Å². The second-order valence-corrected chi connectivity index (χ2v) is 8.55. The van der Waals surface area contributed by atoms with Crippen LogP contribution in [-0.4, -0.2) is 37.8 Å². The molecule has 0 bridgehead atoms. The van der Waals surface area contributed by atoms with Gasteiger partial charge in [0.05, 0.1) is 12.7 Å². The SMILES string of the molecule is COc1cccc(C(O)(Cc2cccc(Cl)c2)C(Cc2ccccc2)CN(C)C)c1. The monoisotopic (exact) mass is 423 g/mol. The zero-order valence-corrected chi connectivity index (χ0v) is 18.6. The predicted octanol–water partition coefficient (Wildman–Crippen LogP) is 5.20. The molecule has 0 aliphatic rings. The van der Waals surface area contributed by atoms with Crippen LogP contribution in [-0.2, 0) is 18.4 Å². The number of aliphatic hydroxyl groups is 1. The summed E-state index contributed by atoms with van der Waals surface area (Å²) in [7, 11) is 5.74. The first kappa shape index (κ1) is 22.4. The van der Waals surface area contributed by atoms with Crippen molar-refractivity contribution in [3.63, 3.8) is 0 Å². The highest BCUT2D eigenvalue weighted by Gasteiger charge is 2.39. The van der Waals surface area contributed by atoms with Crippen molar-refractivity contribution in [2.24, 2.45) is 5.92 Å². The van der Waals surface area contributed by atoms with Gasteiger partial charge in [0.15, 0.2) is 0 Å². The lowest BCUT2D eigenvalue weighted by atomic mass is 9.74. The molecule has 2 atom stereocenters. The molecule has 0 saturated heterocycles. The third kappa shape index (κ3) is 5.63. The van der Waals surface area contributed by atoms with Crippen molar-refractivity contribution in [3.05, 3.63) is 101 Å². The first-order chi connectivity index (χ1) is 14.4. The maximum absolute atomic E-state index is 12.3. The molecule has 0 amide bonds. The average Bonchev–Trinajstić information content (AvgIpc) is 2.73. The molecule has 0 radical (unpaired) electrons. The molecule has 1 N–H and O–H groups in total. The minimum Gasteiger partial charge on any atom is -0.497 e. The molecule has 3 nitrogen and oxygen atoms in total. The third-order valence-corrected chi connectivity index (χ3v) is 5.75. The summed E-state index contributed by atoms with van der Waals surface area (Å²) in [6.45, 7) is 0.739. The fourth-order valence-corrected chi connectivity index (χ4v) is 4.27. The molecule has 0 aliphatic carbocycles. The van der Waals surface area contributed by atoms with E-state index in [1.807, 2.05) is 80.8 Å².